The van der Waals surface area contributed by atoms with Crippen molar-refractivity contribution in [3.63, 3.8) is 0 Å². The summed E-state index contributed by atoms with van der Waals surface area (Å²) < 4.78 is 5.41. The summed E-state index contributed by atoms with van der Waals surface area (Å²) in [5, 5.41) is 3.43. The summed E-state index contributed by atoms with van der Waals surface area (Å²) >= 11 is 5.62. The molecule has 2 rings (SSSR count). The molecule has 1 unspecified atom stereocenters. The summed E-state index contributed by atoms with van der Waals surface area (Å²) in [5.41, 5.74) is 6.89. The average molecular weight is 353 g/mol. The molecular formula is C17H25ClN4O2. The molecule has 1 atom stereocenters. The molecule has 0 aromatic heterocycles. The van der Waals surface area contributed by atoms with Gasteiger partial charge in [0.1, 0.15) is 11.4 Å². The van der Waals surface area contributed by atoms with E-state index in [0.29, 0.717) is 18.9 Å². The van der Waals surface area contributed by atoms with Crippen molar-refractivity contribution in [2.45, 2.75) is 38.8 Å². The van der Waals surface area contributed by atoms with Crippen LogP contribution in [0.3, 0.4) is 0 Å². The summed E-state index contributed by atoms with van der Waals surface area (Å²) in [4.78, 5) is 18.0. The predicted octanol–water partition coefficient (Wildman–Crippen LogP) is 3.34. The highest BCUT2D eigenvalue weighted by Gasteiger charge is 2.29. The molecule has 0 spiro atoms. The number of nitrogens with one attached hydrogen (secondary N) is 1. The van der Waals surface area contributed by atoms with Crippen molar-refractivity contribution in [1.82, 2.24) is 4.90 Å². The minimum atomic E-state index is -0.468. The normalized spacial score (nSPS) is 18.6. The quantitative estimate of drug-likeness (QED) is 0.495. The number of halogens is 1. The van der Waals surface area contributed by atoms with Crippen LogP contribution in [0.5, 0.6) is 0 Å². The van der Waals surface area contributed by atoms with E-state index < -0.39 is 5.60 Å². The Kier molecular flexibility index (Phi) is 5.94. The molecule has 1 aromatic carbocycles. The maximum absolute atomic E-state index is 12.1. The second-order valence-electron chi connectivity index (χ2n) is 6.84. The number of anilines is 1. The maximum atomic E-state index is 12.1. The lowest BCUT2D eigenvalue weighted by molar-refractivity contribution is 0.0293. The van der Waals surface area contributed by atoms with E-state index in [9.17, 15) is 4.79 Å². The van der Waals surface area contributed by atoms with E-state index in [2.05, 4.69) is 10.3 Å². The van der Waals surface area contributed by atoms with E-state index in [4.69, 9.17) is 22.1 Å². The van der Waals surface area contributed by atoms with Gasteiger partial charge in [-0.3, -0.25) is 0 Å². The Morgan fingerprint density at radius 3 is 2.67 bits per heavy atom. The first kappa shape index (κ1) is 18.4. The lowest BCUT2D eigenvalue weighted by atomic mass is 10.2. The highest BCUT2D eigenvalue weighted by molar-refractivity contribution is 6.28. The number of hydrogen-bond donors (Lipinski definition) is 2. The van der Waals surface area contributed by atoms with Gasteiger partial charge in [-0.15, -0.1) is 11.6 Å². The van der Waals surface area contributed by atoms with Crippen molar-refractivity contribution >= 4 is 34.9 Å². The zero-order valence-electron chi connectivity index (χ0n) is 14.4. The predicted molar refractivity (Wildman–Crippen MR) is 98.3 cm³/mol. The van der Waals surface area contributed by atoms with E-state index >= 15 is 0 Å². The zero-order valence-corrected chi connectivity index (χ0v) is 15.1. The molecule has 7 heteroatoms. The fraction of sp³-hybridized carbons (Fsp3) is 0.529. The smallest absolute Gasteiger partial charge is 0.410 e. The van der Waals surface area contributed by atoms with Gasteiger partial charge in [-0.2, -0.15) is 0 Å². The van der Waals surface area contributed by atoms with Crippen molar-refractivity contribution < 1.29 is 9.53 Å². The number of alkyl halides is 1. The highest BCUT2D eigenvalue weighted by atomic mass is 35.5. The third-order valence-electron chi connectivity index (χ3n) is 3.49. The number of nitrogens with two attached hydrogens (primary N) is 1. The SMILES string of the molecule is CC(C)(C)OC(=O)N1CCC(Nc2ccc(N=C(N)CCl)cc2)C1. The van der Waals surface area contributed by atoms with Crippen molar-refractivity contribution in [2.75, 3.05) is 24.3 Å². The first-order valence-electron chi connectivity index (χ1n) is 8.00. The molecule has 1 aliphatic rings. The second kappa shape index (κ2) is 7.75. The van der Waals surface area contributed by atoms with Gasteiger partial charge in [0.15, 0.2) is 0 Å². The molecule has 1 fully saturated rings. The fourth-order valence-electron chi connectivity index (χ4n) is 2.43. The Morgan fingerprint density at radius 2 is 2.08 bits per heavy atom. The van der Waals surface area contributed by atoms with E-state index in [1.54, 1.807) is 4.90 Å². The molecule has 132 valence electrons. The Labute approximate surface area is 148 Å². The average Bonchev–Trinajstić information content (AvgIpc) is 2.96. The van der Waals surface area contributed by atoms with Crippen LogP contribution in [0.1, 0.15) is 27.2 Å². The molecule has 0 saturated carbocycles. The van der Waals surface area contributed by atoms with Crippen molar-refractivity contribution in [3.8, 4) is 0 Å². The van der Waals surface area contributed by atoms with Crippen LogP contribution >= 0.6 is 11.6 Å². The summed E-state index contributed by atoms with van der Waals surface area (Å²) in [7, 11) is 0. The van der Waals surface area contributed by atoms with Crippen molar-refractivity contribution in [1.29, 1.82) is 0 Å². The first-order chi connectivity index (χ1) is 11.3. The van der Waals surface area contributed by atoms with Crippen LogP contribution in [0, 0.1) is 0 Å². The van der Waals surface area contributed by atoms with Crippen LogP contribution in [0.4, 0.5) is 16.2 Å². The Hall–Kier alpha value is -1.95. The molecule has 6 nitrogen and oxygen atoms in total. The summed E-state index contributed by atoms with van der Waals surface area (Å²) in [5.74, 6) is 0.601. The van der Waals surface area contributed by atoms with Crippen LogP contribution in [0.25, 0.3) is 0 Å². The van der Waals surface area contributed by atoms with Gasteiger partial charge in [0, 0.05) is 24.8 Å². The molecule has 3 N–H and O–H groups in total. The lowest BCUT2D eigenvalue weighted by Gasteiger charge is -2.24. The number of benzene rings is 1. The number of rotatable bonds is 4. The molecule has 1 saturated heterocycles. The van der Waals surface area contributed by atoms with Gasteiger partial charge >= 0.3 is 6.09 Å². The van der Waals surface area contributed by atoms with Crippen LogP contribution in [0.2, 0.25) is 0 Å². The molecule has 1 heterocycles. The number of ether oxygens (including phenoxy) is 1. The Morgan fingerprint density at radius 1 is 1.42 bits per heavy atom. The third kappa shape index (κ3) is 5.60. The van der Waals surface area contributed by atoms with Gasteiger partial charge < -0.3 is 20.7 Å². The molecule has 0 bridgehead atoms. The second-order valence-corrected chi connectivity index (χ2v) is 7.11. The zero-order chi connectivity index (χ0) is 17.7. The Bertz CT molecular complexity index is 596. The maximum Gasteiger partial charge on any atom is 0.410 e. The standard InChI is InChI=1S/C17H25ClN4O2/c1-17(2,3)24-16(23)22-9-8-14(11-22)20-12-4-6-13(7-5-12)21-15(19)10-18/h4-7,14,20H,8-11H2,1-3H3,(H2,19,21). The molecule has 0 aliphatic carbocycles. The number of amides is 1. The first-order valence-corrected chi connectivity index (χ1v) is 8.54. The van der Waals surface area contributed by atoms with Crippen LogP contribution in [0.15, 0.2) is 29.3 Å². The van der Waals surface area contributed by atoms with Crippen LogP contribution < -0.4 is 11.1 Å². The molecule has 1 aromatic rings. The monoisotopic (exact) mass is 352 g/mol. The number of carbonyl (C=O) groups is 1. The van der Waals surface area contributed by atoms with Crippen molar-refractivity contribution in [2.24, 2.45) is 10.7 Å². The van der Waals surface area contributed by atoms with Crippen LogP contribution in [-0.4, -0.2) is 47.4 Å². The summed E-state index contributed by atoms with van der Waals surface area (Å²) in [6.07, 6.45) is 0.631. The number of carbonyl (C=O) groups excluding carboxylic acids is 1. The van der Waals surface area contributed by atoms with E-state index in [0.717, 1.165) is 17.8 Å². The molecular weight excluding hydrogens is 328 g/mol. The van der Waals surface area contributed by atoms with Crippen LogP contribution in [-0.2, 0) is 4.74 Å². The number of amidine groups is 1. The van der Waals surface area contributed by atoms with Gasteiger partial charge in [-0.1, -0.05) is 0 Å². The van der Waals surface area contributed by atoms with E-state index in [1.165, 1.54) is 0 Å². The van der Waals surface area contributed by atoms with Gasteiger partial charge in [0.05, 0.1) is 11.6 Å². The number of hydrogen-bond acceptors (Lipinski definition) is 4. The minimum absolute atomic E-state index is 0.208. The molecule has 24 heavy (non-hydrogen) atoms. The van der Waals surface area contributed by atoms with Gasteiger partial charge in [0.25, 0.3) is 0 Å². The topological polar surface area (TPSA) is 80.0 Å². The number of likely N-dealkylation sites (tertiary alicyclic amines) is 1. The molecule has 0 radical (unpaired) electrons. The molecule has 1 aliphatic heterocycles. The van der Waals surface area contributed by atoms with Gasteiger partial charge in [0.2, 0.25) is 0 Å². The van der Waals surface area contributed by atoms with Crippen molar-refractivity contribution in [3.05, 3.63) is 24.3 Å². The fourth-order valence-corrected chi connectivity index (χ4v) is 2.49. The number of nitrogens with zero attached hydrogens (tertiary/aromatic N) is 2. The number of aliphatic imine (C=N–C) groups is 1. The largest absolute Gasteiger partial charge is 0.444 e. The summed E-state index contributed by atoms with van der Waals surface area (Å²) in [6.45, 7) is 6.95. The Balaban J connectivity index is 1.88. The minimum Gasteiger partial charge on any atom is -0.444 e. The lowest BCUT2D eigenvalue weighted by Crippen LogP contribution is -2.36. The third-order valence-corrected chi connectivity index (χ3v) is 3.76. The van der Waals surface area contributed by atoms with E-state index in [1.807, 2.05) is 45.0 Å². The van der Waals surface area contributed by atoms with Gasteiger partial charge in [-0.25, -0.2) is 9.79 Å². The van der Waals surface area contributed by atoms with Gasteiger partial charge in [-0.05, 0) is 51.5 Å². The molecule has 1 amide bonds. The van der Waals surface area contributed by atoms with E-state index in [-0.39, 0.29) is 18.0 Å². The highest BCUT2D eigenvalue weighted by Crippen LogP contribution is 2.21. The summed E-state index contributed by atoms with van der Waals surface area (Å²) in [6, 6.07) is 7.84.